The number of rotatable bonds is 4. The Bertz CT molecular complexity index is 700. The highest BCUT2D eigenvalue weighted by Crippen LogP contribution is 2.33. The van der Waals surface area contributed by atoms with Crippen LogP contribution >= 0.6 is 0 Å². The summed E-state index contributed by atoms with van der Waals surface area (Å²) in [5.41, 5.74) is 1.82. The predicted octanol–water partition coefficient (Wildman–Crippen LogP) is 1.47. The fourth-order valence-electron chi connectivity index (χ4n) is 2.95. The van der Waals surface area contributed by atoms with Crippen LogP contribution < -0.4 is 10.9 Å². The molecule has 0 bridgehead atoms. The Morgan fingerprint density at radius 2 is 2.14 bits per heavy atom. The molecule has 0 unspecified atom stereocenters. The van der Waals surface area contributed by atoms with Gasteiger partial charge in [0.25, 0.3) is 11.5 Å². The molecule has 0 aromatic carbocycles. The van der Waals surface area contributed by atoms with Gasteiger partial charge in [0, 0.05) is 12.0 Å². The summed E-state index contributed by atoms with van der Waals surface area (Å²) in [6.07, 6.45) is 8.75. The Morgan fingerprint density at radius 3 is 2.91 bits per heavy atom. The van der Waals surface area contributed by atoms with E-state index >= 15 is 0 Å². The average Bonchev–Trinajstić information content (AvgIpc) is 3.03. The van der Waals surface area contributed by atoms with Crippen molar-refractivity contribution in [1.82, 2.24) is 25.5 Å². The van der Waals surface area contributed by atoms with Gasteiger partial charge in [-0.25, -0.2) is 4.98 Å². The molecular weight excluding hydrogens is 282 g/mol. The standard InChI is InChI=1S/C15H19N5O2/c21-13-6-11(17-9-18-13)7-16-15(22)12-8-19-20-14(12)10-4-2-1-3-5-10/h6,8-10H,1-5,7H2,(H,16,22)(H,19,20)(H,17,18,21). The van der Waals surface area contributed by atoms with E-state index in [-0.39, 0.29) is 18.0 Å². The number of hydrogen-bond donors (Lipinski definition) is 3. The number of amides is 1. The van der Waals surface area contributed by atoms with Crippen LogP contribution in [0.25, 0.3) is 0 Å². The normalized spacial score (nSPS) is 15.6. The first-order valence-electron chi connectivity index (χ1n) is 7.59. The highest BCUT2D eigenvalue weighted by Gasteiger charge is 2.23. The third-order valence-corrected chi connectivity index (χ3v) is 4.09. The minimum absolute atomic E-state index is 0.184. The molecule has 7 nitrogen and oxygen atoms in total. The Kier molecular flexibility index (Phi) is 4.32. The summed E-state index contributed by atoms with van der Waals surface area (Å²) in [5, 5.41) is 9.81. The largest absolute Gasteiger partial charge is 0.346 e. The number of carbonyl (C=O) groups excluding carboxylic acids is 1. The maximum atomic E-state index is 12.3. The molecule has 1 aliphatic carbocycles. The molecule has 7 heteroatoms. The molecule has 2 aromatic heterocycles. The molecule has 0 aliphatic heterocycles. The van der Waals surface area contributed by atoms with Gasteiger partial charge in [-0.3, -0.25) is 14.7 Å². The molecule has 22 heavy (non-hydrogen) atoms. The van der Waals surface area contributed by atoms with Crippen molar-refractivity contribution >= 4 is 5.91 Å². The van der Waals surface area contributed by atoms with E-state index < -0.39 is 0 Å². The minimum Gasteiger partial charge on any atom is -0.346 e. The number of carbonyl (C=O) groups is 1. The Morgan fingerprint density at radius 1 is 1.32 bits per heavy atom. The van der Waals surface area contributed by atoms with Crippen molar-refractivity contribution in [2.24, 2.45) is 0 Å². The van der Waals surface area contributed by atoms with E-state index in [9.17, 15) is 9.59 Å². The molecule has 2 aromatic rings. The van der Waals surface area contributed by atoms with Crippen molar-refractivity contribution in [3.63, 3.8) is 0 Å². The highest BCUT2D eigenvalue weighted by atomic mass is 16.1. The third-order valence-electron chi connectivity index (χ3n) is 4.09. The molecule has 0 atom stereocenters. The van der Waals surface area contributed by atoms with Crippen LogP contribution in [0.5, 0.6) is 0 Å². The molecule has 1 saturated carbocycles. The number of aromatic amines is 2. The predicted molar refractivity (Wildman–Crippen MR) is 80.4 cm³/mol. The summed E-state index contributed by atoms with van der Waals surface area (Å²) in [6.45, 7) is 0.220. The van der Waals surface area contributed by atoms with Crippen molar-refractivity contribution in [3.8, 4) is 0 Å². The lowest BCUT2D eigenvalue weighted by atomic mass is 9.85. The van der Waals surface area contributed by atoms with Crippen LogP contribution in [-0.2, 0) is 6.54 Å². The molecule has 1 amide bonds. The van der Waals surface area contributed by atoms with Crippen molar-refractivity contribution in [2.45, 2.75) is 44.6 Å². The van der Waals surface area contributed by atoms with Crippen molar-refractivity contribution in [2.75, 3.05) is 0 Å². The fraction of sp³-hybridized carbons (Fsp3) is 0.467. The minimum atomic E-state index is -0.231. The smallest absolute Gasteiger partial charge is 0.255 e. The van der Waals surface area contributed by atoms with E-state index in [2.05, 4.69) is 25.5 Å². The van der Waals surface area contributed by atoms with Crippen LogP contribution in [0.3, 0.4) is 0 Å². The van der Waals surface area contributed by atoms with Crippen LogP contribution in [0.1, 0.15) is 59.8 Å². The van der Waals surface area contributed by atoms with Crippen molar-refractivity contribution < 1.29 is 4.79 Å². The summed E-state index contributed by atoms with van der Waals surface area (Å²) < 4.78 is 0. The van der Waals surface area contributed by atoms with Crippen LogP contribution in [-0.4, -0.2) is 26.1 Å². The van der Waals surface area contributed by atoms with E-state index in [0.717, 1.165) is 18.5 Å². The molecule has 3 N–H and O–H groups in total. The van der Waals surface area contributed by atoms with E-state index in [4.69, 9.17) is 0 Å². The van der Waals surface area contributed by atoms with Gasteiger partial charge in [-0.05, 0) is 12.8 Å². The SMILES string of the molecule is O=C(NCc1cc(=O)[nH]cn1)c1cn[nH]c1C1CCCCC1. The summed E-state index contributed by atoms with van der Waals surface area (Å²) in [4.78, 5) is 30.0. The van der Waals surface area contributed by atoms with Crippen LogP contribution in [0, 0.1) is 0 Å². The second-order valence-electron chi connectivity index (χ2n) is 5.62. The number of aromatic nitrogens is 4. The van der Waals surface area contributed by atoms with Gasteiger partial charge in [0.15, 0.2) is 0 Å². The Hall–Kier alpha value is -2.44. The first-order valence-corrected chi connectivity index (χ1v) is 7.59. The zero-order valence-electron chi connectivity index (χ0n) is 12.3. The van der Waals surface area contributed by atoms with E-state index in [1.807, 2.05) is 0 Å². The van der Waals surface area contributed by atoms with Crippen molar-refractivity contribution in [3.05, 3.63) is 45.9 Å². The molecule has 2 heterocycles. The van der Waals surface area contributed by atoms with Crippen molar-refractivity contribution in [1.29, 1.82) is 0 Å². The lowest BCUT2D eigenvalue weighted by Crippen LogP contribution is -2.25. The van der Waals surface area contributed by atoms with Crippen LogP contribution in [0.15, 0.2) is 23.4 Å². The zero-order valence-corrected chi connectivity index (χ0v) is 12.3. The molecule has 1 aliphatic rings. The molecule has 0 spiro atoms. The molecular formula is C15H19N5O2. The number of H-pyrrole nitrogens is 2. The summed E-state index contributed by atoms with van der Waals surface area (Å²) in [6, 6.07) is 1.37. The number of nitrogens with zero attached hydrogens (tertiary/aromatic N) is 2. The second kappa shape index (κ2) is 6.55. The summed E-state index contributed by atoms with van der Waals surface area (Å²) in [7, 11) is 0. The number of hydrogen-bond acceptors (Lipinski definition) is 4. The van der Waals surface area contributed by atoms with Gasteiger partial charge in [-0.2, -0.15) is 5.10 Å². The van der Waals surface area contributed by atoms with E-state index in [1.165, 1.54) is 31.7 Å². The molecule has 0 radical (unpaired) electrons. The zero-order chi connectivity index (χ0) is 15.4. The number of nitrogens with one attached hydrogen (secondary N) is 3. The topological polar surface area (TPSA) is 104 Å². The first-order chi connectivity index (χ1) is 10.7. The average molecular weight is 301 g/mol. The van der Waals surface area contributed by atoms with Gasteiger partial charge < -0.3 is 10.3 Å². The monoisotopic (exact) mass is 301 g/mol. The van der Waals surface area contributed by atoms with Gasteiger partial charge in [0.2, 0.25) is 0 Å². The molecule has 0 saturated heterocycles. The Labute approximate surface area is 127 Å². The fourth-order valence-corrected chi connectivity index (χ4v) is 2.95. The quantitative estimate of drug-likeness (QED) is 0.795. The first kappa shape index (κ1) is 14.5. The third kappa shape index (κ3) is 3.24. The summed E-state index contributed by atoms with van der Waals surface area (Å²) in [5.74, 6) is 0.200. The van der Waals surface area contributed by atoms with E-state index in [0.29, 0.717) is 17.2 Å². The highest BCUT2D eigenvalue weighted by molar-refractivity contribution is 5.95. The van der Waals surface area contributed by atoms with Gasteiger partial charge in [-0.15, -0.1) is 0 Å². The van der Waals surface area contributed by atoms with Gasteiger partial charge in [-0.1, -0.05) is 19.3 Å². The lowest BCUT2D eigenvalue weighted by molar-refractivity contribution is 0.0948. The summed E-state index contributed by atoms with van der Waals surface area (Å²) >= 11 is 0. The maximum absolute atomic E-state index is 12.3. The molecule has 1 fully saturated rings. The van der Waals surface area contributed by atoms with Gasteiger partial charge >= 0.3 is 0 Å². The maximum Gasteiger partial charge on any atom is 0.255 e. The lowest BCUT2D eigenvalue weighted by Gasteiger charge is -2.21. The molecule has 3 rings (SSSR count). The van der Waals surface area contributed by atoms with Crippen LogP contribution in [0.2, 0.25) is 0 Å². The van der Waals surface area contributed by atoms with E-state index in [1.54, 1.807) is 6.20 Å². The Balaban J connectivity index is 1.67. The van der Waals surface area contributed by atoms with Gasteiger partial charge in [0.05, 0.1) is 36.0 Å². The molecule has 116 valence electrons. The van der Waals surface area contributed by atoms with Gasteiger partial charge in [0.1, 0.15) is 0 Å². The van der Waals surface area contributed by atoms with Crippen LogP contribution in [0.4, 0.5) is 0 Å². The second-order valence-corrected chi connectivity index (χ2v) is 5.62.